The van der Waals surface area contributed by atoms with Crippen LogP contribution in [0.15, 0.2) is 78.9 Å². The minimum absolute atomic E-state index is 0.00431. The van der Waals surface area contributed by atoms with Gasteiger partial charge in [-0.05, 0) is 98.0 Å². The van der Waals surface area contributed by atoms with Gasteiger partial charge < -0.3 is 139 Å². The predicted molar refractivity (Wildman–Crippen MR) is 293 cm³/mol. The zero-order valence-electron chi connectivity index (χ0n) is 46.9. The Morgan fingerprint density at radius 2 is 0.886 bits per heavy atom. The maximum absolute atomic E-state index is 13.2. The quantitative estimate of drug-likeness (QED) is 0.0239. The first kappa shape index (κ1) is 66.9. The van der Waals surface area contributed by atoms with Crippen molar-refractivity contribution in [3.63, 3.8) is 0 Å². The van der Waals surface area contributed by atoms with Crippen molar-refractivity contribution in [2.75, 3.05) is 26.4 Å². The molecule has 0 unspecified atom stereocenters. The van der Waals surface area contributed by atoms with E-state index in [9.17, 15) is 96.4 Å². The lowest BCUT2D eigenvalue weighted by molar-refractivity contribution is -0.357. The summed E-state index contributed by atoms with van der Waals surface area (Å²) in [6, 6.07) is 13.7. The number of carbonyl (C=O) groups excluding carboxylic acids is 2. The van der Waals surface area contributed by atoms with Crippen LogP contribution in [0.2, 0.25) is 0 Å². The molecular formula is C58H70O30. The fourth-order valence-electron chi connectivity index (χ4n) is 9.87. The van der Waals surface area contributed by atoms with E-state index in [1.165, 1.54) is 68.5 Å². The summed E-state index contributed by atoms with van der Waals surface area (Å²) in [6.07, 6.45) is -28.9. The zero-order valence-corrected chi connectivity index (χ0v) is 46.9. The molecule has 0 aliphatic carbocycles. The van der Waals surface area contributed by atoms with Crippen molar-refractivity contribution >= 4 is 24.1 Å². The molecule has 0 saturated carbocycles. The van der Waals surface area contributed by atoms with E-state index in [2.05, 4.69) is 0 Å². The molecule has 482 valence electrons. The number of phenolic OH excluding ortho intramolecular Hbond substituents is 7. The van der Waals surface area contributed by atoms with Gasteiger partial charge in [-0.15, -0.1) is 0 Å². The van der Waals surface area contributed by atoms with Gasteiger partial charge in [-0.3, -0.25) is 0 Å². The number of carbonyl (C=O) groups is 2. The summed E-state index contributed by atoms with van der Waals surface area (Å²) in [5.74, 6) is -5.89. The highest BCUT2D eigenvalue weighted by Gasteiger charge is 2.54. The van der Waals surface area contributed by atoms with E-state index in [4.69, 9.17) is 52.1 Å². The topological polar surface area (TPSA) is 480 Å². The van der Waals surface area contributed by atoms with Gasteiger partial charge in [-0.1, -0.05) is 18.2 Å². The van der Waals surface area contributed by atoms with Crippen LogP contribution in [0.3, 0.4) is 0 Å². The number of phenols is 7. The number of aromatic hydroxyl groups is 7. The van der Waals surface area contributed by atoms with Crippen LogP contribution in [0.1, 0.15) is 36.1 Å². The van der Waals surface area contributed by atoms with Gasteiger partial charge in [0, 0.05) is 23.8 Å². The van der Waals surface area contributed by atoms with Gasteiger partial charge in [-0.25, -0.2) is 9.59 Å². The second kappa shape index (κ2) is 29.5. The molecule has 0 radical (unpaired) electrons. The van der Waals surface area contributed by atoms with E-state index in [1.807, 2.05) is 0 Å². The van der Waals surface area contributed by atoms with E-state index in [0.29, 0.717) is 5.56 Å². The first-order valence-corrected chi connectivity index (χ1v) is 27.5. The van der Waals surface area contributed by atoms with Crippen LogP contribution in [0, 0.1) is 0 Å². The van der Waals surface area contributed by atoms with Crippen LogP contribution in [0.4, 0.5) is 0 Å². The largest absolute Gasteiger partial charge is 0.504 e. The summed E-state index contributed by atoms with van der Waals surface area (Å²) < 4.78 is 63.7. The highest BCUT2D eigenvalue weighted by atomic mass is 16.8. The summed E-state index contributed by atoms with van der Waals surface area (Å²) in [6.45, 7) is 0.363. The number of rotatable bonds is 22. The molecule has 88 heavy (non-hydrogen) atoms. The second-order valence-electron chi connectivity index (χ2n) is 21.1. The van der Waals surface area contributed by atoms with E-state index < -0.39 is 188 Å². The van der Waals surface area contributed by atoms with Crippen molar-refractivity contribution in [2.24, 2.45) is 0 Å². The molecule has 4 aliphatic heterocycles. The third-order valence-electron chi connectivity index (χ3n) is 14.8. The van der Waals surface area contributed by atoms with Gasteiger partial charge in [-0.2, -0.15) is 0 Å². The third kappa shape index (κ3) is 15.9. The maximum Gasteiger partial charge on any atom is 0.331 e. The lowest BCUT2D eigenvalue weighted by Gasteiger charge is -2.46. The number of esters is 2. The summed E-state index contributed by atoms with van der Waals surface area (Å²) >= 11 is 0. The van der Waals surface area contributed by atoms with Crippen LogP contribution in [0.25, 0.3) is 12.2 Å². The number of ether oxygens (including phenoxy) is 11. The molecular weight excluding hydrogens is 1180 g/mol. The Hall–Kier alpha value is -7.02. The Morgan fingerprint density at radius 3 is 1.33 bits per heavy atom. The van der Waals surface area contributed by atoms with Gasteiger partial charge in [0.15, 0.2) is 83.4 Å². The Kier molecular flexibility index (Phi) is 22.5. The molecule has 0 bridgehead atoms. The lowest BCUT2D eigenvalue weighted by atomic mass is 9.97. The minimum Gasteiger partial charge on any atom is -0.504 e. The van der Waals surface area contributed by atoms with Crippen LogP contribution >= 0.6 is 0 Å². The monoisotopic (exact) mass is 1250 g/mol. The molecule has 17 N–H and O–H groups in total. The van der Waals surface area contributed by atoms with Gasteiger partial charge in [0.1, 0.15) is 79.0 Å². The molecule has 0 amide bonds. The maximum atomic E-state index is 13.2. The van der Waals surface area contributed by atoms with Crippen molar-refractivity contribution < 1.29 is 149 Å². The lowest BCUT2D eigenvalue weighted by Crippen LogP contribution is -2.65. The smallest absolute Gasteiger partial charge is 0.331 e. The fourth-order valence-corrected chi connectivity index (χ4v) is 9.87. The first-order valence-electron chi connectivity index (χ1n) is 27.5. The van der Waals surface area contributed by atoms with Crippen molar-refractivity contribution in [1.82, 2.24) is 0 Å². The molecule has 4 heterocycles. The van der Waals surface area contributed by atoms with Crippen LogP contribution in [-0.4, -0.2) is 248 Å². The van der Waals surface area contributed by atoms with Crippen molar-refractivity contribution in [3.8, 4) is 51.7 Å². The Bertz CT molecular complexity index is 3070. The first-order chi connectivity index (χ1) is 41.8. The molecule has 20 atom stereocenters. The van der Waals surface area contributed by atoms with Crippen molar-refractivity contribution in [2.45, 2.75) is 150 Å². The summed E-state index contributed by atoms with van der Waals surface area (Å²) in [7, 11) is 0. The molecule has 30 heteroatoms. The number of benzene rings is 4. The zero-order chi connectivity index (χ0) is 63.8. The van der Waals surface area contributed by atoms with E-state index in [-0.39, 0.29) is 54.2 Å². The van der Waals surface area contributed by atoms with E-state index in [0.717, 1.165) is 36.4 Å². The van der Waals surface area contributed by atoms with Gasteiger partial charge in [0.2, 0.25) is 0 Å². The van der Waals surface area contributed by atoms with E-state index in [1.54, 1.807) is 0 Å². The molecule has 30 nitrogen and oxygen atoms in total. The average Bonchev–Trinajstić information content (AvgIpc) is 1.99. The fraction of sp³-hybridized carbons (Fsp3) is 0.483. The normalized spacial score (nSPS) is 32.7. The molecule has 8 rings (SSSR count). The number of aliphatic hydroxyl groups is 10. The summed E-state index contributed by atoms with van der Waals surface area (Å²) in [5, 5.41) is 179. The van der Waals surface area contributed by atoms with Crippen LogP contribution in [-0.2, 0) is 69.8 Å². The second-order valence-corrected chi connectivity index (χ2v) is 21.1. The number of aliphatic hydroxyl groups excluding tert-OH is 10. The highest BCUT2D eigenvalue weighted by Crippen LogP contribution is 2.40. The number of hydrogen-bond donors (Lipinski definition) is 17. The average molecular weight is 1250 g/mol. The summed E-state index contributed by atoms with van der Waals surface area (Å²) in [5.41, 5.74) is 1.09. The predicted octanol–water partition coefficient (Wildman–Crippen LogP) is -1.63. The van der Waals surface area contributed by atoms with Crippen LogP contribution < -0.4 is 4.74 Å². The molecule has 4 aliphatic rings. The van der Waals surface area contributed by atoms with Gasteiger partial charge in [0.25, 0.3) is 0 Å². The molecule has 4 aromatic carbocycles. The molecule has 4 fully saturated rings. The Balaban J connectivity index is 0.918. The Morgan fingerprint density at radius 1 is 0.443 bits per heavy atom. The van der Waals surface area contributed by atoms with Gasteiger partial charge >= 0.3 is 11.9 Å². The third-order valence-corrected chi connectivity index (χ3v) is 14.8. The summed E-state index contributed by atoms with van der Waals surface area (Å²) in [4.78, 5) is 26.4. The standard InChI is InChI=1S/C58H70O30/c1-24-43(70)45(72)47(74)57(80-24)87-53-49(76)55(83-39(22-59)51(53)85-41(68)11-6-26-3-8-30(61)32(63)17-26)78-15-13-28-5-10-37(36(67)19-28)82-38-21-35(66)34(65)20-29(38)14-16-79-56-50(77)54(88-58-48(75)46(73)44(71)25(2)81-58)52(40(23-60)84-56)86-42(69)12-7-27-4-9-31(62)33(64)18-27/h3-12,17-21,24-25,39-40,43-67,70-77H,13-16,22-23H2,1-2H3/t24-,25-,39+,40+,43-,44-,45+,46+,47+,48+,49+,50+,51+,52+,53+,54+,55+,56+,57-,58-/m0/s1. The minimum atomic E-state index is -1.93. The molecule has 0 spiro atoms. The van der Waals surface area contributed by atoms with Crippen molar-refractivity contribution in [1.29, 1.82) is 0 Å². The molecule has 0 aromatic heterocycles. The van der Waals surface area contributed by atoms with Crippen molar-refractivity contribution in [3.05, 3.63) is 101 Å². The SMILES string of the molecule is C[C@@H]1O[C@@H](O[C@@H]2[C@@H](O)[C@H](OCCc3ccc(Oc4cc(O)c(O)cc4CCO[C@@H]4O[C@H](CO)[C@@H](OC(=O)C=Cc5ccc(O)c(O)c5)[C@H](O[C@@H]5O[C@@H](C)[C@H](O)[C@@H](O)[C@H]5O)[C@H]4O)c(O)c3)O[C@H](CO)[C@H]2OC(=O)C=Cc2ccc(O)c(O)c2)[C@H](O)[C@H](O)[C@H]1O. The van der Waals surface area contributed by atoms with Gasteiger partial charge in [0.05, 0.1) is 38.6 Å². The molecule has 4 aromatic rings. The molecule has 4 saturated heterocycles. The van der Waals surface area contributed by atoms with Crippen LogP contribution in [0.5, 0.6) is 51.7 Å². The Labute approximate surface area is 500 Å². The van der Waals surface area contributed by atoms with E-state index >= 15 is 0 Å². The highest BCUT2D eigenvalue weighted by molar-refractivity contribution is 5.88. The number of hydrogen-bond acceptors (Lipinski definition) is 30.